The molecule has 0 aromatic heterocycles. The molecule has 0 bridgehead atoms. The summed E-state index contributed by atoms with van der Waals surface area (Å²) in [7, 11) is 3.34. The molecule has 0 aliphatic rings. The lowest BCUT2D eigenvalue weighted by Crippen LogP contribution is -1.80. The van der Waals surface area contributed by atoms with Crippen LogP contribution in [0.3, 0.4) is 0 Å². The Morgan fingerprint density at radius 3 is 1.07 bits per heavy atom. The van der Waals surface area contributed by atoms with Gasteiger partial charge >= 0.3 is 0 Å². The molecule has 0 unspecified atom stereocenters. The number of ether oxygens (including phenoxy) is 2. The minimum Gasteiger partial charge on any atom is -0.497 e. The summed E-state index contributed by atoms with van der Waals surface area (Å²) in [5.74, 6) is 1.83. The number of methoxy groups -OCH3 is 2. The van der Waals surface area contributed by atoms with E-state index in [1.54, 1.807) is 14.2 Å². The lowest BCUT2D eigenvalue weighted by atomic mass is 10.1. The molecule has 2 nitrogen and oxygen atoms in total. The van der Waals surface area contributed by atoms with Crippen LogP contribution in [0.2, 0.25) is 0 Å². The van der Waals surface area contributed by atoms with Gasteiger partial charge in [-0.3, -0.25) is 0 Å². The molecule has 0 spiro atoms. The Balaban J connectivity index is 0.000000202. The van der Waals surface area contributed by atoms with Crippen molar-refractivity contribution in [3.63, 3.8) is 0 Å². The lowest BCUT2D eigenvalue weighted by Gasteiger charge is -1.97. The van der Waals surface area contributed by atoms with Gasteiger partial charge < -0.3 is 9.47 Å². The van der Waals surface area contributed by atoms with Crippen molar-refractivity contribution in [1.82, 2.24) is 0 Å². The zero-order valence-electron chi connectivity index (χ0n) is 17.5. The van der Waals surface area contributed by atoms with E-state index in [2.05, 4.69) is 52.0 Å². The van der Waals surface area contributed by atoms with Crippen molar-refractivity contribution in [2.75, 3.05) is 14.2 Å². The zero-order valence-corrected chi connectivity index (χ0v) is 17.5. The summed E-state index contributed by atoms with van der Waals surface area (Å²) < 4.78 is 9.94. The van der Waals surface area contributed by atoms with Crippen molar-refractivity contribution in [3.8, 4) is 11.5 Å². The summed E-state index contributed by atoms with van der Waals surface area (Å²) in [6.45, 7) is 8.39. The highest BCUT2D eigenvalue weighted by Crippen LogP contribution is 2.10. The molecule has 0 aliphatic heterocycles. The molecule has 2 heteroatoms. The highest BCUT2D eigenvalue weighted by Gasteiger charge is 1.87. The van der Waals surface area contributed by atoms with Crippen LogP contribution in [0.5, 0.6) is 11.5 Å². The number of hydrogen-bond acceptors (Lipinski definition) is 2. The van der Waals surface area contributed by atoms with Gasteiger partial charge in [-0.05, 0) is 57.0 Å². The van der Waals surface area contributed by atoms with Crippen molar-refractivity contribution in [1.29, 1.82) is 0 Å². The fourth-order valence-corrected chi connectivity index (χ4v) is 2.17. The maximum absolute atomic E-state index is 4.97. The molecule has 0 amide bonds. The van der Waals surface area contributed by atoms with Gasteiger partial charge in [0.1, 0.15) is 11.5 Å². The molecule has 0 radical (unpaired) electrons. The van der Waals surface area contributed by atoms with Gasteiger partial charge in [0.25, 0.3) is 0 Å². The molecular weight excluding hydrogens is 332 g/mol. The molecule has 0 saturated heterocycles. The van der Waals surface area contributed by atoms with Gasteiger partial charge in [0.15, 0.2) is 0 Å². The molecular formula is C25H32O2. The highest BCUT2D eigenvalue weighted by atomic mass is 16.5. The Kier molecular flexibility index (Phi) is 10.4. The Hall–Kier alpha value is -2.74. The average molecular weight is 365 g/mol. The maximum atomic E-state index is 4.97. The summed E-state index contributed by atoms with van der Waals surface area (Å²) in [5.41, 5.74) is 5.28. The van der Waals surface area contributed by atoms with Crippen LogP contribution in [-0.2, 0) is 6.42 Å². The second-order valence-corrected chi connectivity index (χ2v) is 6.37. The van der Waals surface area contributed by atoms with E-state index in [0.29, 0.717) is 0 Å². The highest BCUT2D eigenvalue weighted by molar-refractivity contribution is 5.26. The summed E-state index contributed by atoms with van der Waals surface area (Å²) in [4.78, 5) is 0. The number of aryl methyl sites for hydroxylation is 4. The molecule has 0 N–H and O–H groups in total. The van der Waals surface area contributed by atoms with Gasteiger partial charge in [-0.1, -0.05) is 72.1 Å². The molecule has 27 heavy (non-hydrogen) atoms. The van der Waals surface area contributed by atoms with Crippen LogP contribution in [0, 0.1) is 20.8 Å². The first-order chi connectivity index (χ1) is 13.0. The van der Waals surface area contributed by atoms with Gasteiger partial charge in [0.05, 0.1) is 14.2 Å². The largest absolute Gasteiger partial charge is 0.497 e. The number of hydrogen-bond donors (Lipinski definition) is 0. The van der Waals surface area contributed by atoms with Crippen LogP contribution < -0.4 is 9.47 Å². The van der Waals surface area contributed by atoms with E-state index in [0.717, 1.165) is 17.9 Å². The van der Waals surface area contributed by atoms with E-state index in [1.807, 2.05) is 48.5 Å². The molecule has 144 valence electrons. The normalized spacial score (nSPS) is 9.26. The maximum Gasteiger partial charge on any atom is 0.118 e. The SMILES string of the molecule is CCc1ccc(C)cc1.COc1ccc(C)cc1.COc1ccc(C)cc1. The van der Waals surface area contributed by atoms with Crippen molar-refractivity contribution in [2.24, 2.45) is 0 Å². The predicted molar refractivity (Wildman–Crippen MR) is 116 cm³/mol. The summed E-state index contributed by atoms with van der Waals surface area (Å²) >= 11 is 0. The third-order valence-electron chi connectivity index (χ3n) is 4.04. The first-order valence-electron chi connectivity index (χ1n) is 9.25. The smallest absolute Gasteiger partial charge is 0.118 e. The monoisotopic (exact) mass is 364 g/mol. The number of rotatable bonds is 3. The first-order valence-corrected chi connectivity index (χ1v) is 9.25. The molecule has 0 heterocycles. The Morgan fingerprint density at radius 2 is 0.815 bits per heavy atom. The van der Waals surface area contributed by atoms with Gasteiger partial charge in [0, 0.05) is 0 Å². The third kappa shape index (κ3) is 9.50. The topological polar surface area (TPSA) is 18.5 Å². The van der Waals surface area contributed by atoms with Crippen molar-refractivity contribution >= 4 is 0 Å². The fraction of sp³-hybridized carbons (Fsp3) is 0.280. The Labute approximate surface area is 164 Å². The second kappa shape index (κ2) is 12.6. The quantitative estimate of drug-likeness (QED) is 0.523. The molecule has 3 aromatic rings. The Morgan fingerprint density at radius 1 is 0.519 bits per heavy atom. The molecule has 0 saturated carbocycles. The van der Waals surface area contributed by atoms with Crippen LogP contribution in [0.15, 0.2) is 72.8 Å². The summed E-state index contributed by atoms with van der Waals surface area (Å²) in [6.07, 6.45) is 1.14. The van der Waals surface area contributed by atoms with Crippen molar-refractivity contribution in [2.45, 2.75) is 34.1 Å². The minimum atomic E-state index is 0.917. The van der Waals surface area contributed by atoms with Gasteiger partial charge in [0.2, 0.25) is 0 Å². The minimum absolute atomic E-state index is 0.917. The second-order valence-electron chi connectivity index (χ2n) is 6.37. The molecule has 3 aromatic carbocycles. The van der Waals surface area contributed by atoms with Crippen LogP contribution in [0.25, 0.3) is 0 Å². The van der Waals surface area contributed by atoms with Crippen LogP contribution in [0.4, 0.5) is 0 Å². The standard InChI is InChI=1S/C9H12.2C8H10O/c1-3-9-6-4-8(2)5-7-9;2*1-7-3-5-8(9-2)6-4-7/h4-7H,3H2,1-2H3;2*3-6H,1-2H3. The van der Waals surface area contributed by atoms with Gasteiger partial charge in [-0.15, -0.1) is 0 Å². The molecule has 0 aliphatic carbocycles. The zero-order chi connectivity index (χ0) is 20.1. The van der Waals surface area contributed by atoms with Crippen LogP contribution >= 0.6 is 0 Å². The van der Waals surface area contributed by atoms with Crippen molar-refractivity contribution < 1.29 is 9.47 Å². The third-order valence-corrected chi connectivity index (χ3v) is 4.04. The average Bonchev–Trinajstić information content (AvgIpc) is 2.71. The predicted octanol–water partition coefficient (Wildman–Crippen LogP) is 6.56. The van der Waals surface area contributed by atoms with E-state index < -0.39 is 0 Å². The van der Waals surface area contributed by atoms with E-state index in [4.69, 9.17) is 9.47 Å². The van der Waals surface area contributed by atoms with E-state index in [9.17, 15) is 0 Å². The van der Waals surface area contributed by atoms with Gasteiger partial charge in [-0.2, -0.15) is 0 Å². The van der Waals surface area contributed by atoms with E-state index in [-0.39, 0.29) is 0 Å². The van der Waals surface area contributed by atoms with Crippen LogP contribution in [0.1, 0.15) is 29.2 Å². The van der Waals surface area contributed by atoms with E-state index in [1.165, 1.54) is 22.3 Å². The van der Waals surface area contributed by atoms with Crippen LogP contribution in [-0.4, -0.2) is 14.2 Å². The van der Waals surface area contributed by atoms with Crippen molar-refractivity contribution in [3.05, 3.63) is 95.1 Å². The molecule has 3 rings (SSSR count). The van der Waals surface area contributed by atoms with Gasteiger partial charge in [-0.25, -0.2) is 0 Å². The first kappa shape index (κ1) is 22.3. The molecule has 0 fully saturated rings. The Bertz CT molecular complexity index is 634. The fourth-order valence-electron chi connectivity index (χ4n) is 2.17. The lowest BCUT2D eigenvalue weighted by molar-refractivity contribution is 0.414. The summed E-state index contributed by atoms with van der Waals surface area (Å²) in [6, 6.07) is 24.6. The molecule has 0 atom stereocenters. The van der Waals surface area contributed by atoms with E-state index >= 15 is 0 Å². The number of benzene rings is 3. The summed E-state index contributed by atoms with van der Waals surface area (Å²) in [5, 5.41) is 0.